The number of aliphatic carboxylic acids is 1. The van der Waals surface area contributed by atoms with Crippen LogP contribution in [0.3, 0.4) is 0 Å². The minimum Gasteiger partial charge on any atom is -0.480 e. The number of para-hydroxylation sites is 1. The highest BCUT2D eigenvalue weighted by Gasteiger charge is 2.28. The number of carbonyl (C=O) groups is 1. The predicted octanol–water partition coefficient (Wildman–Crippen LogP) is 4.65. The average Bonchev–Trinajstić information content (AvgIpc) is 3.43. The third kappa shape index (κ3) is 5.12. The summed E-state index contributed by atoms with van der Waals surface area (Å²) in [5, 5.41) is 26.7. The molecule has 0 radical (unpaired) electrons. The number of tetrazole rings is 1. The van der Waals surface area contributed by atoms with Crippen molar-refractivity contribution in [2.24, 2.45) is 5.92 Å². The number of hydrogen-bond acceptors (Lipinski definition) is 5. The molecule has 0 unspecified atom stereocenters. The van der Waals surface area contributed by atoms with Gasteiger partial charge < -0.3 is 9.67 Å². The summed E-state index contributed by atoms with van der Waals surface area (Å²) in [6.45, 7) is 8.31. The molecule has 0 fully saturated rings. The predicted molar refractivity (Wildman–Crippen MR) is 134 cm³/mol. The van der Waals surface area contributed by atoms with E-state index in [1.165, 1.54) is 16.3 Å². The van der Waals surface area contributed by atoms with Gasteiger partial charge in [0.05, 0.1) is 0 Å². The minimum absolute atomic E-state index is 0.0370. The SMILES string of the molecule is CCCCCN(Cc1ccc2c(c1)c1ccccc1n2CCc1nn[nH]n1)[C@H](C(=O)O)C(C)C. The Balaban J connectivity index is 1.67. The number of nitrogens with zero attached hydrogens (tertiary/aromatic N) is 5. The van der Waals surface area contributed by atoms with Crippen molar-refractivity contribution in [3.63, 3.8) is 0 Å². The summed E-state index contributed by atoms with van der Waals surface area (Å²) in [7, 11) is 0. The van der Waals surface area contributed by atoms with E-state index in [1.807, 2.05) is 13.8 Å². The van der Waals surface area contributed by atoms with Crippen molar-refractivity contribution in [2.45, 2.75) is 65.6 Å². The molecule has 8 heteroatoms. The molecular weight excluding hydrogens is 428 g/mol. The lowest BCUT2D eigenvalue weighted by atomic mass is 10.0. The molecule has 0 aliphatic carbocycles. The highest BCUT2D eigenvalue weighted by Crippen LogP contribution is 2.30. The van der Waals surface area contributed by atoms with Crippen LogP contribution in [0.25, 0.3) is 21.8 Å². The van der Waals surface area contributed by atoms with Gasteiger partial charge in [0.1, 0.15) is 6.04 Å². The Labute approximate surface area is 200 Å². The van der Waals surface area contributed by atoms with Crippen LogP contribution in [0, 0.1) is 5.92 Å². The molecule has 0 amide bonds. The fraction of sp³-hybridized carbons (Fsp3) is 0.462. The molecule has 0 aliphatic heterocycles. The standard InChI is InChI=1S/C26H34N6O2/c1-4-5-8-14-31(25(18(2)3)26(33)34)17-19-11-12-23-21(16-19)20-9-6-7-10-22(20)32(23)15-13-24-27-29-30-28-24/h6-7,9-12,16,18,25H,4-5,8,13-15,17H2,1-3H3,(H,33,34)(H,27,28,29,30)/t25-/m0/s1. The smallest absolute Gasteiger partial charge is 0.321 e. The molecule has 34 heavy (non-hydrogen) atoms. The van der Waals surface area contributed by atoms with Crippen LogP contribution in [0.2, 0.25) is 0 Å². The Kier molecular flexibility index (Phi) is 7.57. The largest absolute Gasteiger partial charge is 0.480 e. The monoisotopic (exact) mass is 462 g/mol. The van der Waals surface area contributed by atoms with E-state index in [1.54, 1.807) is 0 Å². The number of H-pyrrole nitrogens is 1. The first-order chi connectivity index (χ1) is 16.5. The number of benzene rings is 2. The first kappa shape index (κ1) is 23.9. The van der Waals surface area contributed by atoms with E-state index < -0.39 is 12.0 Å². The molecule has 0 saturated heterocycles. The quantitative estimate of drug-likeness (QED) is 0.297. The first-order valence-corrected chi connectivity index (χ1v) is 12.2. The van der Waals surface area contributed by atoms with Gasteiger partial charge in [0.15, 0.2) is 5.82 Å². The molecule has 1 atom stereocenters. The number of unbranched alkanes of at least 4 members (excludes halogenated alkanes) is 2. The Hall–Kier alpha value is -3.26. The van der Waals surface area contributed by atoms with Crippen molar-refractivity contribution >= 4 is 27.8 Å². The molecule has 0 saturated carbocycles. The van der Waals surface area contributed by atoms with E-state index in [-0.39, 0.29) is 5.92 Å². The molecule has 0 aliphatic rings. The normalized spacial score (nSPS) is 12.9. The van der Waals surface area contributed by atoms with E-state index in [9.17, 15) is 9.90 Å². The molecule has 4 aromatic rings. The lowest BCUT2D eigenvalue weighted by Gasteiger charge is -2.31. The van der Waals surface area contributed by atoms with Crippen molar-refractivity contribution in [3.05, 3.63) is 53.9 Å². The zero-order valence-electron chi connectivity index (χ0n) is 20.2. The minimum atomic E-state index is -0.745. The number of fused-ring (bicyclic) bond motifs is 3. The molecule has 0 bridgehead atoms. The van der Waals surface area contributed by atoms with Gasteiger partial charge >= 0.3 is 5.97 Å². The van der Waals surface area contributed by atoms with E-state index in [0.717, 1.165) is 43.4 Å². The number of hydrogen-bond donors (Lipinski definition) is 2. The van der Waals surface area contributed by atoms with Crippen molar-refractivity contribution in [1.29, 1.82) is 0 Å². The topological polar surface area (TPSA) is 99.9 Å². The zero-order valence-corrected chi connectivity index (χ0v) is 20.2. The summed E-state index contributed by atoms with van der Waals surface area (Å²) >= 11 is 0. The molecule has 180 valence electrons. The van der Waals surface area contributed by atoms with Crippen molar-refractivity contribution in [3.8, 4) is 0 Å². The fourth-order valence-electron chi connectivity index (χ4n) is 4.92. The number of carboxylic acids is 1. The molecular formula is C26H34N6O2. The average molecular weight is 463 g/mol. The van der Waals surface area contributed by atoms with Crippen LogP contribution >= 0.6 is 0 Å². The van der Waals surface area contributed by atoms with Crippen LogP contribution in [0.5, 0.6) is 0 Å². The number of rotatable bonds is 12. The van der Waals surface area contributed by atoms with E-state index in [0.29, 0.717) is 18.8 Å². The summed E-state index contributed by atoms with van der Waals surface area (Å²) in [5.41, 5.74) is 3.46. The summed E-state index contributed by atoms with van der Waals surface area (Å²) in [6, 6.07) is 14.4. The second kappa shape index (κ2) is 10.8. The third-order valence-corrected chi connectivity index (χ3v) is 6.50. The maximum absolute atomic E-state index is 12.1. The Morgan fingerprint density at radius 3 is 2.62 bits per heavy atom. The Morgan fingerprint density at radius 2 is 1.91 bits per heavy atom. The molecule has 2 heterocycles. The third-order valence-electron chi connectivity index (χ3n) is 6.50. The van der Waals surface area contributed by atoms with Gasteiger partial charge in [0, 0.05) is 41.3 Å². The summed E-state index contributed by atoms with van der Waals surface area (Å²) < 4.78 is 2.30. The number of aromatic amines is 1. The van der Waals surface area contributed by atoms with Crippen LogP contribution in [0.1, 0.15) is 51.4 Å². The van der Waals surface area contributed by atoms with Gasteiger partial charge in [-0.2, -0.15) is 5.21 Å². The van der Waals surface area contributed by atoms with Crippen LogP contribution in [0.4, 0.5) is 0 Å². The fourth-order valence-corrected chi connectivity index (χ4v) is 4.92. The van der Waals surface area contributed by atoms with Crippen molar-refractivity contribution < 1.29 is 9.90 Å². The lowest BCUT2D eigenvalue weighted by molar-refractivity contribution is -0.145. The Morgan fingerprint density at radius 1 is 1.12 bits per heavy atom. The van der Waals surface area contributed by atoms with Gasteiger partial charge in [-0.1, -0.05) is 63.1 Å². The molecule has 2 N–H and O–H groups in total. The summed E-state index contributed by atoms with van der Waals surface area (Å²) in [5.74, 6) is -0.0146. The van der Waals surface area contributed by atoms with E-state index >= 15 is 0 Å². The van der Waals surface area contributed by atoms with Crippen LogP contribution in [-0.2, 0) is 24.3 Å². The first-order valence-electron chi connectivity index (χ1n) is 12.2. The van der Waals surface area contributed by atoms with Gasteiger partial charge in [-0.05, 0) is 42.6 Å². The highest BCUT2D eigenvalue weighted by molar-refractivity contribution is 6.08. The second-order valence-corrected chi connectivity index (χ2v) is 9.30. The number of nitrogens with one attached hydrogen (secondary N) is 1. The van der Waals surface area contributed by atoms with Crippen LogP contribution < -0.4 is 0 Å². The zero-order chi connectivity index (χ0) is 24.1. The van der Waals surface area contributed by atoms with E-state index in [4.69, 9.17) is 0 Å². The number of aromatic nitrogens is 5. The van der Waals surface area contributed by atoms with Gasteiger partial charge in [-0.25, -0.2) is 0 Å². The molecule has 8 nitrogen and oxygen atoms in total. The number of carboxylic acid groups (broad SMARTS) is 1. The summed E-state index contributed by atoms with van der Waals surface area (Å²) in [6.07, 6.45) is 3.91. The molecule has 2 aromatic heterocycles. The summed E-state index contributed by atoms with van der Waals surface area (Å²) in [4.78, 5) is 14.2. The second-order valence-electron chi connectivity index (χ2n) is 9.30. The highest BCUT2D eigenvalue weighted by atomic mass is 16.4. The van der Waals surface area contributed by atoms with Gasteiger partial charge in [0.25, 0.3) is 0 Å². The Bertz CT molecular complexity index is 1230. The molecule has 4 rings (SSSR count). The van der Waals surface area contributed by atoms with E-state index in [2.05, 4.69) is 79.5 Å². The number of aryl methyl sites for hydroxylation is 2. The maximum Gasteiger partial charge on any atom is 0.321 e. The van der Waals surface area contributed by atoms with Crippen LogP contribution in [-0.4, -0.2) is 53.8 Å². The lowest BCUT2D eigenvalue weighted by Crippen LogP contribution is -2.44. The van der Waals surface area contributed by atoms with Gasteiger partial charge in [0.2, 0.25) is 0 Å². The maximum atomic E-state index is 12.1. The van der Waals surface area contributed by atoms with Crippen molar-refractivity contribution in [1.82, 2.24) is 30.1 Å². The van der Waals surface area contributed by atoms with Gasteiger partial charge in [-0.3, -0.25) is 9.69 Å². The van der Waals surface area contributed by atoms with Crippen LogP contribution in [0.15, 0.2) is 42.5 Å². The van der Waals surface area contributed by atoms with Gasteiger partial charge in [-0.15, -0.1) is 10.2 Å². The molecule has 2 aromatic carbocycles. The molecule has 0 spiro atoms. The van der Waals surface area contributed by atoms with Crippen molar-refractivity contribution in [2.75, 3.05) is 6.54 Å².